The zero-order valence-electron chi connectivity index (χ0n) is 39.3. The van der Waals surface area contributed by atoms with Crippen LogP contribution >= 0.6 is 21.6 Å². The first kappa shape index (κ1) is 46.5. The van der Waals surface area contributed by atoms with Gasteiger partial charge in [0.15, 0.2) is 23.0 Å². The number of pyridine rings is 1. The minimum atomic E-state index is -0.179. The molecule has 6 heterocycles. The molecule has 5 aliphatic heterocycles. The molecule has 11 rings (SSSR count). The zero-order chi connectivity index (χ0) is 48.3. The van der Waals surface area contributed by atoms with E-state index in [4.69, 9.17) is 38.4 Å². The van der Waals surface area contributed by atoms with Crippen molar-refractivity contribution in [2.75, 3.05) is 42.9 Å². The Morgan fingerprint density at radius 3 is 1.85 bits per heavy atom. The first-order valence-electron chi connectivity index (χ1n) is 23.9. The highest BCUT2D eigenvalue weighted by atomic mass is 33.1. The fraction of sp³-hybridized carbons (Fsp3) is 0.291. The van der Waals surface area contributed by atoms with E-state index in [1.807, 2.05) is 101 Å². The van der Waals surface area contributed by atoms with Crippen LogP contribution in [0.1, 0.15) is 62.2 Å². The number of para-hydroxylation sites is 2. The van der Waals surface area contributed by atoms with Crippen LogP contribution in [0.5, 0.6) is 28.7 Å². The molecule has 5 aliphatic rings. The molecule has 0 bridgehead atoms. The predicted molar refractivity (Wildman–Crippen MR) is 277 cm³/mol. The summed E-state index contributed by atoms with van der Waals surface area (Å²) in [5, 5.41) is 4.51. The summed E-state index contributed by atoms with van der Waals surface area (Å²) in [5.41, 5.74) is 7.61. The lowest BCUT2D eigenvalue weighted by molar-refractivity contribution is 0.0978. The van der Waals surface area contributed by atoms with Crippen molar-refractivity contribution < 1.29 is 38.0 Å². The molecule has 5 aromatic carbocycles. The lowest BCUT2D eigenvalue weighted by atomic mass is 10.1. The van der Waals surface area contributed by atoms with Crippen LogP contribution in [0.2, 0.25) is 0 Å². The first-order chi connectivity index (χ1) is 34.9. The maximum absolute atomic E-state index is 14.1. The van der Waals surface area contributed by atoms with E-state index in [0.717, 1.165) is 70.2 Å². The summed E-state index contributed by atoms with van der Waals surface area (Å²) < 4.78 is 36.9. The number of aromatic nitrogens is 1. The Balaban J connectivity index is 0.767. The molecule has 2 amide bonds. The lowest BCUT2D eigenvalue weighted by Gasteiger charge is -2.22. The summed E-state index contributed by atoms with van der Waals surface area (Å²) in [4.78, 5) is 45.7. The van der Waals surface area contributed by atoms with Gasteiger partial charge in [-0.3, -0.25) is 34.7 Å². The van der Waals surface area contributed by atoms with E-state index in [0.29, 0.717) is 70.7 Å². The van der Waals surface area contributed by atoms with Crippen LogP contribution in [0.15, 0.2) is 130 Å². The van der Waals surface area contributed by atoms with Gasteiger partial charge in [0.05, 0.1) is 61.5 Å². The smallest absolute Gasteiger partial charge is 0.261 e. The van der Waals surface area contributed by atoms with E-state index in [1.165, 1.54) is 0 Å². The Morgan fingerprint density at radius 2 is 1.27 bits per heavy atom. The standard InChI is InChI=1S/C55H52N6O8S2/c1-64-48-26-41-43(58-30-38-24-36-11-3-5-13-45(36)60(38)54(41)62)28-50(48)67-32-34-21-35(23-40(22-34)66-19-10-8-15-47-53(69-47)57-18-20-70-71-52-16-7-9-17-56-52)33-68-51-29-44-42(27-49(51)65-2)55(63)61-39(31-59-44)25-37-12-4-6-14-46(37)61/h3-7,9,11-14,16-17,21-23,26-31,38-39,47,53,57H,8,10,15,18-20,24-25,32-33H2,1-2H3/t38-,39-,47?,53?/m0/s1. The molecule has 1 aromatic heterocycles. The van der Waals surface area contributed by atoms with Crippen LogP contribution in [0.4, 0.5) is 22.7 Å². The van der Waals surface area contributed by atoms with Crippen LogP contribution in [0.3, 0.4) is 0 Å². The van der Waals surface area contributed by atoms with Gasteiger partial charge >= 0.3 is 0 Å². The van der Waals surface area contributed by atoms with Crippen LogP contribution in [0.25, 0.3) is 0 Å². The Kier molecular flexibility index (Phi) is 13.7. The predicted octanol–water partition coefficient (Wildman–Crippen LogP) is 10.1. The number of methoxy groups -OCH3 is 2. The third kappa shape index (κ3) is 10.1. The monoisotopic (exact) mass is 988 g/mol. The van der Waals surface area contributed by atoms with Crippen LogP contribution < -0.4 is 38.8 Å². The van der Waals surface area contributed by atoms with Gasteiger partial charge in [-0.05, 0) is 107 Å². The van der Waals surface area contributed by atoms with Crippen molar-refractivity contribution in [2.24, 2.45) is 9.98 Å². The van der Waals surface area contributed by atoms with Gasteiger partial charge in [-0.25, -0.2) is 4.98 Å². The normalized spacial score (nSPS) is 18.9. The SMILES string of the molecule is COc1cc2c(cc1OCc1cc(COc3cc4c(cc3OC)C(=O)N3c5ccccc5C[C@H]3C=N4)cc(OCCCCC3OC3NCCSSc3ccccn3)c1)N=C[C@@H]1Cc3ccccc3N1C2=O. The van der Waals surface area contributed by atoms with Crippen molar-refractivity contribution in [1.82, 2.24) is 10.3 Å². The van der Waals surface area contributed by atoms with E-state index < -0.39 is 0 Å². The van der Waals surface area contributed by atoms with E-state index in [1.54, 1.807) is 60.1 Å². The number of rotatable bonds is 20. The quantitative estimate of drug-likeness (QED) is 0.0441. The van der Waals surface area contributed by atoms with Crippen molar-refractivity contribution in [2.45, 2.75) is 74.8 Å². The summed E-state index contributed by atoms with van der Waals surface area (Å²) in [6.45, 7) is 1.69. The van der Waals surface area contributed by atoms with Gasteiger partial charge in [0.2, 0.25) is 0 Å². The van der Waals surface area contributed by atoms with E-state index in [2.05, 4.69) is 22.4 Å². The third-order valence-electron chi connectivity index (χ3n) is 13.1. The maximum atomic E-state index is 14.1. The number of amides is 2. The maximum Gasteiger partial charge on any atom is 0.261 e. The number of ether oxygens (including phenoxy) is 6. The highest BCUT2D eigenvalue weighted by Gasteiger charge is 2.39. The molecule has 1 N–H and O–H groups in total. The second kappa shape index (κ2) is 20.9. The topological polar surface area (TPSA) is 149 Å². The number of hydrogen-bond acceptors (Lipinski definition) is 14. The molecular formula is C55H52N6O8S2. The molecular weight excluding hydrogens is 937 g/mol. The number of nitrogens with zero attached hydrogens (tertiary/aromatic N) is 5. The molecule has 1 fully saturated rings. The van der Waals surface area contributed by atoms with Gasteiger partial charge in [-0.2, -0.15) is 0 Å². The third-order valence-corrected chi connectivity index (χ3v) is 15.4. The molecule has 1 saturated heterocycles. The van der Waals surface area contributed by atoms with Crippen LogP contribution in [-0.4, -0.2) is 86.8 Å². The summed E-state index contributed by atoms with van der Waals surface area (Å²) in [6, 6.07) is 34.4. The molecule has 4 atom stereocenters. The lowest BCUT2D eigenvalue weighted by Crippen LogP contribution is -2.37. The first-order valence-corrected chi connectivity index (χ1v) is 26.2. The summed E-state index contributed by atoms with van der Waals surface area (Å²) in [5.74, 6) is 3.10. The number of benzene rings is 5. The molecule has 0 spiro atoms. The Bertz CT molecular complexity index is 2870. The van der Waals surface area contributed by atoms with Crippen molar-refractivity contribution in [1.29, 1.82) is 0 Å². The molecule has 2 unspecified atom stereocenters. The van der Waals surface area contributed by atoms with E-state index >= 15 is 0 Å². The van der Waals surface area contributed by atoms with Gasteiger partial charge in [-0.1, -0.05) is 53.3 Å². The molecule has 16 heteroatoms. The van der Waals surface area contributed by atoms with Gasteiger partial charge in [0, 0.05) is 67.3 Å². The number of hydrogen-bond donors (Lipinski definition) is 1. The molecule has 71 heavy (non-hydrogen) atoms. The van der Waals surface area contributed by atoms with Crippen LogP contribution in [-0.2, 0) is 30.8 Å². The molecule has 14 nitrogen and oxygen atoms in total. The number of epoxide rings is 1. The number of unbranched alkanes of at least 4 members (excludes halogenated alkanes) is 1. The number of carbonyl (C=O) groups excluding carboxylic acids is 2. The van der Waals surface area contributed by atoms with Gasteiger partial charge < -0.3 is 28.4 Å². The summed E-state index contributed by atoms with van der Waals surface area (Å²) >= 11 is 0. The van der Waals surface area contributed by atoms with Crippen molar-refractivity contribution >= 4 is 68.6 Å². The van der Waals surface area contributed by atoms with Crippen molar-refractivity contribution in [3.8, 4) is 28.7 Å². The molecule has 6 aromatic rings. The second-order valence-electron chi connectivity index (χ2n) is 17.8. The molecule has 0 radical (unpaired) electrons. The largest absolute Gasteiger partial charge is 0.494 e. The Morgan fingerprint density at radius 1 is 0.676 bits per heavy atom. The van der Waals surface area contributed by atoms with Gasteiger partial charge in [0.1, 0.15) is 30.2 Å². The van der Waals surface area contributed by atoms with Gasteiger partial charge in [0.25, 0.3) is 11.8 Å². The highest BCUT2D eigenvalue weighted by molar-refractivity contribution is 8.76. The molecule has 0 saturated carbocycles. The van der Waals surface area contributed by atoms with Crippen molar-refractivity contribution in [3.63, 3.8) is 0 Å². The zero-order valence-corrected chi connectivity index (χ0v) is 41.0. The Labute approximate surface area is 420 Å². The minimum Gasteiger partial charge on any atom is -0.494 e. The number of anilines is 2. The summed E-state index contributed by atoms with van der Waals surface area (Å²) in [7, 11) is 6.59. The van der Waals surface area contributed by atoms with Gasteiger partial charge in [-0.15, -0.1) is 0 Å². The second-order valence-corrected chi connectivity index (χ2v) is 20.2. The summed E-state index contributed by atoms with van der Waals surface area (Å²) in [6.07, 6.45) is 9.95. The number of nitrogens with one attached hydrogen (secondary N) is 1. The van der Waals surface area contributed by atoms with E-state index in [9.17, 15) is 9.59 Å². The van der Waals surface area contributed by atoms with E-state index in [-0.39, 0.29) is 49.4 Å². The Hall–Kier alpha value is -6.85. The fourth-order valence-corrected chi connectivity index (χ4v) is 11.4. The number of carbonyl (C=O) groups is 2. The fourth-order valence-electron chi connectivity index (χ4n) is 9.60. The minimum absolute atomic E-state index is 0.0939. The number of fused-ring (bicyclic) bond motifs is 8. The van der Waals surface area contributed by atoms with Crippen molar-refractivity contribution in [3.05, 3.63) is 149 Å². The van der Waals surface area contributed by atoms with Crippen LogP contribution in [0, 0.1) is 0 Å². The average Bonchev–Trinajstić information content (AvgIpc) is 3.96. The highest BCUT2D eigenvalue weighted by Crippen LogP contribution is 2.43. The molecule has 362 valence electrons. The molecule has 0 aliphatic carbocycles. The average molecular weight is 989 g/mol. The number of aliphatic imine (C=N–C) groups is 2.